The molecule has 0 heteroatoms. The van der Waals surface area contributed by atoms with Crippen molar-refractivity contribution in [2.45, 2.75) is 80.1 Å². The van der Waals surface area contributed by atoms with Gasteiger partial charge < -0.3 is 0 Å². The molecule has 0 saturated heterocycles. The molecule has 90 valence electrons. The Bertz CT molecular complexity index is 201. The van der Waals surface area contributed by atoms with Crippen molar-refractivity contribution >= 4 is 0 Å². The van der Waals surface area contributed by atoms with Crippen molar-refractivity contribution < 1.29 is 0 Å². The Hall–Kier alpha value is 0. The second kappa shape index (κ2) is 4.11. The predicted molar refractivity (Wildman–Crippen MR) is 69.0 cm³/mol. The molecule has 15 heavy (non-hydrogen) atoms. The second-order valence-electron chi connectivity index (χ2n) is 7.17. The summed E-state index contributed by atoms with van der Waals surface area (Å²) in [6, 6.07) is 0. The van der Waals surface area contributed by atoms with Crippen LogP contribution in [0.2, 0.25) is 0 Å². The lowest BCUT2D eigenvalue weighted by Gasteiger charge is -2.61. The maximum absolute atomic E-state index is 2.51. The van der Waals surface area contributed by atoms with Crippen LogP contribution in [0.5, 0.6) is 0 Å². The molecule has 1 aliphatic rings. The van der Waals surface area contributed by atoms with Gasteiger partial charge in [-0.3, -0.25) is 0 Å². The maximum atomic E-state index is 2.51. The SMILES string of the molecule is CCCCC(C)(C)C1(C(C)(C)C)CCC1. The molecule has 1 saturated carbocycles. The molecule has 0 atom stereocenters. The highest BCUT2D eigenvalue weighted by Gasteiger charge is 2.55. The first-order valence-corrected chi connectivity index (χ1v) is 6.77. The normalized spacial score (nSPS) is 21.2. The summed E-state index contributed by atoms with van der Waals surface area (Å²) in [6.07, 6.45) is 8.49. The maximum Gasteiger partial charge on any atom is -0.0198 e. The van der Waals surface area contributed by atoms with E-state index in [0.717, 1.165) is 0 Å². The smallest absolute Gasteiger partial charge is 0.0198 e. The van der Waals surface area contributed by atoms with Crippen LogP contribution in [0.4, 0.5) is 0 Å². The first-order chi connectivity index (χ1) is 6.77. The van der Waals surface area contributed by atoms with Crippen molar-refractivity contribution in [3.8, 4) is 0 Å². The van der Waals surface area contributed by atoms with Crippen LogP contribution in [0.1, 0.15) is 80.1 Å². The van der Waals surface area contributed by atoms with Crippen molar-refractivity contribution in [3.05, 3.63) is 0 Å². The van der Waals surface area contributed by atoms with Crippen molar-refractivity contribution in [3.63, 3.8) is 0 Å². The van der Waals surface area contributed by atoms with E-state index in [-0.39, 0.29) is 0 Å². The Morgan fingerprint density at radius 2 is 1.53 bits per heavy atom. The van der Waals surface area contributed by atoms with Gasteiger partial charge in [0.05, 0.1) is 0 Å². The molecule has 1 aliphatic carbocycles. The molecule has 0 aliphatic heterocycles. The minimum atomic E-state index is 0.475. The fourth-order valence-electron chi connectivity index (χ4n) is 3.83. The predicted octanol–water partition coefficient (Wildman–Crippen LogP) is 5.42. The van der Waals surface area contributed by atoms with Gasteiger partial charge in [0.15, 0.2) is 0 Å². The van der Waals surface area contributed by atoms with Gasteiger partial charge >= 0.3 is 0 Å². The third-order valence-corrected chi connectivity index (χ3v) is 5.09. The summed E-state index contributed by atoms with van der Waals surface area (Å²) in [6.45, 7) is 14.7. The van der Waals surface area contributed by atoms with Crippen LogP contribution in [0, 0.1) is 16.2 Å². The zero-order valence-corrected chi connectivity index (χ0v) is 11.7. The van der Waals surface area contributed by atoms with E-state index in [1.165, 1.54) is 38.5 Å². The fourth-order valence-corrected chi connectivity index (χ4v) is 3.83. The first kappa shape index (κ1) is 13.1. The van der Waals surface area contributed by atoms with Gasteiger partial charge in [-0.2, -0.15) is 0 Å². The minimum Gasteiger partial charge on any atom is -0.0654 e. The molecule has 0 N–H and O–H groups in total. The van der Waals surface area contributed by atoms with Gasteiger partial charge in [-0.15, -0.1) is 0 Å². The molecule has 0 aromatic carbocycles. The zero-order chi connectivity index (χ0) is 11.7. The average Bonchev–Trinajstić information content (AvgIpc) is 1.94. The van der Waals surface area contributed by atoms with E-state index in [2.05, 4.69) is 41.5 Å². The Morgan fingerprint density at radius 1 is 1.00 bits per heavy atom. The standard InChI is InChI=1S/C15H30/c1-7-8-10-14(5,6)15(11-9-12-15)13(2,3)4/h7-12H2,1-6H3. The zero-order valence-electron chi connectivity index (χ0n) is 11.7. The second-order valence-corrected chi connectivity index (χ2v) is 7.17. The molecule has 1 fully saturated rings. The molecule has 0 aromatic rings. The molecular weight excluding hydrogens is 180 g/mol. The quantitative estimate of drug-likeness (QED) is 0.581. The molecule has 0 heterocycles. The summed E-state index contributed by atoms with van der Waals surface area (Å²) in [5.41, 5.74) is 1.61. The summed E-state index contributed by atoms with van der Waals surface area (Å²) in [5.74, 6) is 0. The monoisotopic (exact) mass is 210 g/mol. The van der Waals surface area contributed by atoms with Crippen LogP contribution < -0.4 is 0 Å². The molecule has 0 bridgehead atoms. The van der Waals surface area contributed by atoms with E-state index in [1.54, 1.807) is 0 Å². The lowest BCUT2D eigenvalue weighted by atomic mass is 9.44. The summed E-state index contributed by atoms with van der Waals surface area (Å²) in [4.78, 5) is 0. The topological polar surface area (TPSA) is 0 Å². The van der Waals surface area contributed by atoms with Gasteiger partial charge in [0, 0.05) is 0 Å². The van der Waals surface area contributed by atoms with Crippen LogP contribution >= 0.6 is 0 Å². The highest BCUT2D eigenvalue weighted by Crippen LogP contribution is 2.64. The van der Waals surface area contributed by atoms with E-state index in [0.29, 0.717) is 16.2 Å². The third-order valence-electron chi connectivity index (χ3n) is 5.09. The lowest BCUT2D eigenvalue weighted by Crippen LogP contribution is -2.52. The molecule has 1 rings (SSSR count). The van der Waals surface area contributed by atoms with E-state index in [1.807, 2.05) is 0 Å². The Kier molecular flexibility index (Phi) is 3.58. The molecule has 0 spiro atoms. The summed E-state index contributed by atoms with van der Waals surface area (Å²) in [5, 5.41) is 0. The van der Waals surface area contributed by atoms with E-state index in [4.69, 9.17) is 0 Å². The van der Waals surface area contributed by atoms with E-state index >= 15 is 0 Å². The molecule has 0 nitrogen and oxygen atoms in total. The van der Waals surface area contributed by atoms with Crippen LogP contribution in [-0.2, 0) is 0 Å². The van der Waals surface area contributed by atoms with E-state index in [9.17, 15) is 0 Å². The minimum absolute atomic E-state index is 0.475. The number of hydrogen-bond acceptors (Lipinski definition) is 0. The van der Waals surface area contributed by atoms with Gasteiger partial charge in [-0.25, -0.2) is 0 Å². The van der Waals surface area contributed by atoms with Crippen molar-refractivity contribution in [2.24, 2.45) is 16.2 Å². The number of unbranched alkanes of at least 4 members (excludes halogenated alkanes) is 1. The van der Waals surface area contributed by atoms with Gasteiger partial charge in [0.1, 0.15) is 0 Å². The van der Waals surface area contributed by atoms with Gasteiger partial charge in [0.2, 0.25) is 0 Å². The van der Waals surface area contributed by atoms with Gasteiger partial charge in [-0.1, -0.05) is 60.8 Å². The first-order valence-electron chi connectivity index (χ1n) is 6.77. The highest BCUT2D eigenvalue weighted by molar-refractivity contribution is 5.04. The van der Waals surface area contributed by atoms with Crippen molar-refractivity contribution in [2.75, 3.05) is 0 Å². The Labute approximate surface area is 96.8 Å². The number of rotatable bonds is 4. The van der Waals surface area contributed by atoms with E-state index < -0.39 is 0 Å². The van der Waals surface area contributed by atoms with Crippen molar-refractivity contribution in [1.29, 1.82) is 0 Å². The molecule has 0 amide bonds. The summed E-state index contributed by atoms with van der Waals surface area (Å²) in [7, 11) is 0. The lowest BCUT2D eigenvalue weighted by molar-refractivity contribution is -0.114. The number of hydrogen-bond donors (Lipinski definition) is 0. The Morgan fingerprint density at radius 3 is 1.80 bits per heavy atom. The fraction of sp³-hybridized carbons (Fsp3) is 1.00. The van der Waals surface area contributed by atoms with Gasteiger partial charge in [-0.05, 0) is 35.5 Å². The molecular formula is C15H30. The van der Waals surface area contributed by atoms with Crippen molar-refractivity contribution in [1.82, 2.24) is 0 Å². The molecule has 0 radical (unpaired) electrons. The van der Waals surface area contributed by atoms with Crippen LogP contribution in [0.15, 0.2) is 0 Å². The molecule has 0 aromatic heterocycles. The summed E-state index contributed by atoms with van der Waals surface area (Å²) < 4.78 is 0. The van der Waals surface area contributed by atoms with Crippen LogP contribution in [0.3, 0.4) is 0 Å². The van der Waals surface area contributed by atoms with Crippen LogP contribution in [0.25, 0.3) is 0 Å². The summed E-state index contributed by atoms with van der Waals surface area (Å²) >= 11 is 0. The highest BCUT2D eigenvalue weighted by atomic mass is 14.6. The van der Waals surface area contributed by atoms with Crippen LogP contribution in [-0.4, -0.2) is 0 Å². The Balaban J connectivity index is 2.81. The largest absolute Gasteiger partial charge is 0.0654 e. The van der Waals surface area contributed by atoms with Gasteiger partial charge in [0.25, 0.3) is 0 Å². The third kappa shape index (κ3) is 2.10. The molecule has 0 unspecified atom stereocenters. The average molecular weight is 210 g/mol.